The van der Waals surface area contributed by atoms with Crippen molar-refractivity contribution in [1.29, 1.82) is 0 Å². The highest BCUT2D eigenvalue weighted by Gasteiger charge is 2.30. The van der Waals surface area contributed by atoms with Gasteiger partial charge >= 0.3 is 0 Å². The fourth-order valence-corrected chi connectivity index (χ4v) is 4.56. The molecule has 0 spiro atoms. The second-order valence-corrected chi connectivity index (χ2v) is 10.2. The number of benzene rings is 1. The van der Waals surface area contributed by atoms with Crippen molar-refractivity contribution in [1.82, 2.24) is 9.47 Å². The Hall–Kier alpha value is -3.13. The summed E-state index contributed by atoms with van der Waals surface area (Å²) in [6.07, 6.45) is 20.9. The molecule has 0 radical (unpaired) electrons. The van der Waals surface area contributed by atoms with Gasteiger partial charge in [-0.15, -0.1) is 0 Å². The summed E-state index contributed by atoms with van der Waals surface area (Å²) in [7, 11) is 3.68. The van der Waals surface area contributed by atoms with E-state index in [1.54, 1.807) is 0 Å². The number of unbranched alkanes of at least 4 members (excludes halogenated alkanes) is 8. The third-order valence-electron chi connectivity index (χ3n) is 6.78. The van der Waals surface area contributed by atoms with Crippen LogP contribution < -0.4 is 0 Å². The standard InChI is InChI=1S/C30H46N2O6/c1-4-5-6-7-8-9-10-11-12-13-14-15-16-17-18-19-23(33)32-25-24(22(30(32)38)20-21-31(2)3)26(34)28(36)29(37)27(25)35/h8-9,11-12,34-38H,4-7,10,13-21H2,1-3H3/b9-8-,12-11-. The van der Waals surface area contributed by atoms with Crippen LogP contribution in [0.15, 0.2) is 24.3 Å². The lowest BCUT2D eigenvalue weighted by Gasteiger charge is -2.10. The first-order valence-corrected chi connectivity index (χ1v) is 13.9. The number of likely N-dealkylation sites (N-methyl/N-ethyl adjacent to an activating group) is 1. The van der Waals surface area contributed by atoms with E-state index in [0.717, 1.165) is 49.5 Å². The lowest BCUT2D eigenvalue weighted by atomic mass is 10.1. The Balaban J connectivity index is 1.88. The molecule has 0 atom stereocenters. The molecule has 212 valence electrons. The molecule has 1 heterocycles. The zero-order valence-corrected chi connectivity index (χ0v) is 23.2. The molecule has 0 aliphatic carbocycles. The van der Waals surface area contributed by atoms with Gasteiger partial charge in [0.25, 0.3) is 0 Å². The molecule has 2 rings (SSSR count). The largest absolute Gasteiger partial charge is 0.504 e. The van der Waals surface area contributed by atoms with E-state index in [4.69, 9.17) is 0 Å². The number of hydrogen-bond donors (Lipinski definition) is 5. The number of aromatic hydroxyl groups is 5. The number of carbonyl (C=O) groups is 1. The van der Waals surface area contributed by atoms with E-state index in [1.165, 1.54) is 19.3 Å². The van der Waals surface area contributed by atoms with Crippen molar-refractivity contribution in [2.75, 3.05) is 20.6 Å². The lowest BCUT2D eigenvalue weighted by Crippen LogP contribution is -2.15. The zero-order chi connectivity index (χ0) is 28.1. The Morgan fingerprint density at radius 2 is 1.34 bits per heavy atom. The van der Waals surface area contributed by atoms with Gasteiger partial charge in [-0.2, -0.15) is 0 Å². The Morgan fingerprint density at radius 1 is 0.763 bits per heavy atom. The molecule has 8 nitrogen and oxygen atoms in total. The number of phenols is 4. The third-order valence-corrected chi connectivity index (χ3v) is 6.78. The SMILES string of the molecule is CCCCC/C=C\C/C=C\CCCCCCCC(=O)n1c(O)c(CCN(C)C)c2c(O)c(O)c(O)c(O)c21. The normalized spacial score (nSPS) is 12.1. The van der Waals surface area contributed by atoms with E-state index in [1.807, 2.05) is 19.0 Å². The maximum Gasteiger partial charge on any atom is 0.234 e. The smallest absolute Gasteiger partial charge is 0.234 e. The molecule has 1 aromatic carbocycles. The predicted molar refractivity (Wildman–Crippen MR) is 153 cm³/mol. The van der Waals surface area contributed by atoms with E-state index >= 15 is 0 Å². The second-order valence-electron chi connectivity index (χ2n) is 10.2. The van der Waals surface area contributed by atoms with Crippen molar-refractivity contribution in [3.63, 3.8) is 0 Å². The van der Waals surface area contributed by atoms with E-state index in [0.29, 0.717) is 13.0 Å². The van der Waals surface area contributed by atoms with Crippen molar-refractivity contribution < 1.29 is 30.3 Å². The molecule has 0 amide bonds. The van der Waals surface area contributed by atoms with Gasteiger partial charge in [0.2, 0.25) is 23.3 Å². The molecule has 0 aliphatic heterocycles. The van der Waals surface area contributed by atoms with Crippen LogP contribution >= 0.6 is 0 Å². The highest BCUT2D eigenvalue weighted by Crippen LogP contribution is 2.52. The molecular formula is C30H46N2O6. The highest BCUT2D eigenvalue weighted by atomic mass is 16.3. The second kappa shape index (κ2) is 16.0. The Labute approximate surface area is 226 Å². The summed E-state index contributed by atoms with van der Waals surface area (Å²) in [5, 5.41) is 51.9. The summed E-state index contributed by atoms with van der Waals surface area (Å²) in [5.41, 5.74) is 0.0295. The fourth-order valence-electron chi connectivity index (χ4n) is 4.56. The predicted octanol–water partition coefficient (Wildman–Crippen LogP) is 6.73. The molecule has 8 heteroatoms. The van der Waals surface area contributed by atoms with Crippen LogP contribution in [-0.4, -0.2) is 61.5 Å². The van der Waals surface area contributed by atoms with E-state index in [2.05, 4.69) is 31.2 Å². The maximum atomic E-state index is 13.1. The van der Waals surface area contributed by atoms with Crippen molar-refractivity contribution >= 4 is 16.8 Å². The molecule has 0 unspecified atom stereocenters. The summed E-state index contributed by atoms with van der Waals surface area (Å²) >= 11 is 0. The Morgan fingerprint density at radius 3 is 1.97 bits per heavy atom. The van der Waals surface area contributed by atoms with E-state index < -0.39 is 34.8 Å². The minimum atomic E-state index is -0.933. The first kappa shape index (κ1) is 31.1. The van der Waals surface area contributed by atoms with Crippen LogP contribution in [0.5, 0.6) is 28.9 Å². The van der Waals surface area contributed by atoms with E-state index in [-0.39, 0.29) is 29.3 Å². The molecule has 0 fully saturated rings. The number of hydrogen-bond acceptors (Lipinski definition) is 7. The zero-order valence-electron chi connectivity index (χ0n) is 23.2. The first-order valence-electron chi connectivity index (χ1n) is 13.9. The molecule has 0 saturated heterocycles. The fraction of sp³-hybridized carbons (Fsp3) is 0.567. The molecule has 5 N–H and O–H groups in total. The van der Waals surface area contributed by atoms with Gasteiger partial charge in [-0.25, -0.2) is 4.57 Å². The summed E-state index contributed by atoms with van der Waals surface area (Å²) in [5.74, 6) is -4.10. The lowest BCUT2D eigenvalue weighted by molar-refractivity contribution is 0.0894. The average molecular weight is 531 g/mol. The van der Waals surface area contributed by atoms with Crippen LogP contribution in [0.4, 0.5) is 0 Å². The van der Waals surface area contributed by atoms with Crippen molar-refractivity contribution in [3.8, 4) is 28.9 Å². The molecule has 0 bridgehead atoms. The number of carbonyl (C=O) groups excluding carboxylic acids is 1. The van der Waals surface area contributed by atoms with Gasteiger partial charge in [0.05, 0.1) is 5.39 Å². The molecule has 38 heavy (non-hydrogen) atoms. The van der Waals surface area contributed by atoms with Crippen LogP contribution in [0.3, 0.4) is 0 Å². The summed E-state index contributed by atoms with van der Waals surface area (Å²) in [6.45, 7) is 2.71. The van der Waals surface area contributed by atoms with Crippen molar-refractivity contribution in [2.45, 2.75) is 90.4 Å². The number of nitrogens with zero attached hydrogens (tertiary/aromatic N) is 2. The van der Waals surface area contributed by atoms with Gasteiger partial charge in [-0.3, -0.25) is 4.79 Å². The van der Waals surface area contributed by atoms with Gasteiger partial charge in [0, 0.05) is 18.5 Å². The minimum absolute atomic E-state index is 0.0365. The molecule has 0 saturated carbocycles. The molecular weight excluding hydrogens is 484 g/mol. The van der Waals surface area contributed by atoms with Gasteiger partial charge in [0.1, 0.15) is 5.52 Å². The van der Waals surface area contributed by atoms with Crippen LogP contribution in [0.1, 0.15) is 94.3 Å². The number of rotatable bonds is 17. The number of aromatic nitrogens is 1. The van der Waals surface area contributed by atoms with E-state index in [9.17, 15) is 30.3 Å². The van der Waals surface area contributed by atoms with Crippen LogP contribution in [0, 0.1) is 0 Å². The summed E-state index contributed by atoms with van der Waals surface area (Å²) in [6, 6.07) is 0. The van der Waals surface area contributed by atoms with Crippen molar-refractivity contribution in [3.05, 3.63) is 29.9 Å². The van der Waals surface area contributed by atoms with Crippen LogP contribution in [0.2, 0.25) is 0 Å². The number of allylic oxidation sites excluding steroid dienone is 4. The Kier molecular flexibility index (Phi) is 13.1. The topological polar surface area (TPSA) is 126 Å². The molecule has 2 aromatic rings. The molecule has 1 aromatic heterocycles. The van der Waals surface area contributed by atoms with Crippen molar-refractivity contribution in [2.24, 2.45) is 0 Å². The highest BCUT2D eigenvalue weighted by molar-refractivity contribution is 6.05. The Bertz CT molecular complexity index is 1100. The summed E-state index contributed by atoms with van der Waals surface area (Å²) in [4.78, 5) is 14.9. The number of fused-ring (bicyclic) bond motifs is 1. The third kappa shape index (κ3) is 8.45. The minimum Gasteiger partial charge on any atom is -0.504 e. The van der Waals surface area contributed by atoms with Gasteiger partial charge in [-0.1, -0.05) is 63.3 Å². The van der Waals surface area contributed by atoms with Crippen LogP contribution in [-0.2, 0) is 6.42 Å². The average Bonchev–Trinajstić information content (AvgIpc) is 3.19. The van der Waals surface area contributed by atoms with Gasteiger partial charge < -0.3 is 30.4 Å². The quantitative estimate of drug-likeness (QED) is 0.0664. The first-order chi connectivity index (χ1) is 18.2. The van der Waals surface area contributed by atoms with Crippen LogP contribution in [0.25, 0.3) is 10.9 Å². The monoisotopic (exact) mass is 530 g/mol. The maximum absolute atomic E-state index is 13.1. The van der Waals surface area contributed by atoms with Gasteiger partial charge in [-0.05, 0) is 59.0 Å². The summed E-state index contributed by atoms with van der Waals surface area (Å²) < 4.78 is 0.942. The molecule has 0 aliphatic rings. The van der Waals surface area contributed by atoms with Gasteiger partial charge in [0.15, 0.2) is 11.5 Å². The number of phenolic OH excluding ortho intramolecular Hbond substituents is 4.